The van der Waals surface area contributed by atoms with E-state index in [1.165, 1.54) is 0 Å². The lowest BCUT2D eigenvalue weighted by molar-refractivity contribution is -0.124. The van der Waals surface area contributed by atoms with Crippen LogP contribution in [-0.4, -0.2) is 18.6 Å². The summed E-state index contributed by atoms with van der Waals surface area (Å²) in [6, 6.07) is 7.95. The largest absolute Gasteiger partial charge is 0.489 e. The summed E-state index contributed by atoms with van der Waals surface area (Å²) in [5, 5.41) is 3.00. The van der Waals surface area contributed by atoms with Gasteiger partial charge in [-0.1, -0.05) is 18.2 Å². The Kier molecular flexibility index (Phi) is 2.58. The smallest absolute Gasteiger partial charge is 0.226 e. The molecule has 2 aliphatic carbocycles. The highest BCUT2D eigenvalue weighted by Crippen LogP contribution is 2.75. The van der Waals surface area contributed by atoms with Crippen LogP contribution in [0.3, 0.4) is 0 Å². The number of benzene rings is 1. The number of hydrogen-bond donors (Lipinski definition) is 1. The van der Waals surface area contributed by atoms with Crippen molar-refractivity contribution in [3.63, 3.8) is 0 Å². The lowest BCUT2D eigenvalue weighted by Crippen LogP contribution is -2.36. The molecule has 1 unspecified atom stereocenters. The lowest BCUT2D eigenvalue weighted by Gasteiger charge is -2.17. The Morgan fingerprint density at radius 1 is 1.50 bits per heavy atom. The second kappa shape index (κ2) is 4.01. The maximum Gasteiger partial charge on any atom is 0.226 e. The Bertz CT molecular complexity index is 477. The van der Waals surface area contributed by atoms with Crippen molar-refractivity contribution in [2.24, 2.45) is 11.3 Å². The Morgan fingerprint density at radius 3 is 2.78 bits per heavy atom. The van der Waals surface area contributed by atoms with Crippen molar-refractivity contribution in [2.45, 2.75) is 32.8 Å². The van der Waals surface area contributed by atoms with Gasteiger partial charge in [0.1, 0.15) is 11.9 Å². The van der Waals surface area contributed by atoms with Crippen LogP contribution in [0.4, 0.5) is 0 Å². The molecule has 18 heavy (non-hydrogen) atoms. The van der Waals surface area contributed by atoms with Crippen LogP contribution in [0.15, 0.2) is 24.3 Å². The van der Waals surface area contributed by atoms with Gasteiger partial charge in [0.2, 0.25) is 5.91 Å². The third-order valence-corrected chi connectivity index (χ3v) is 4.11. The number of nitrogens with one attached hydrogen (secondary N) is 1. The SMILES string of the molecule is Cc1ccccc1OC(C)CNC(=O)C12CC1C2. The Hall–Kier alpha value is -1.51. The van der Waals surface area contributed by atoms with E-state index in [0.29, 0.717) is 12.5 Å². The van der Waals surface area contributed by atoms with E-state index in [4.69, 9.17) is 4.74 Å². The van der Waals surface area contributed by atoms with Gasteiger partial charge >= 0.3 is 0 Å². The van der Waals surface area contributed by atoms with Crippen molar-refractivity contribution in [1.29, 1.82) is 0 Å². The monoisotopic (exact) mass is 245 g/mol. The third kappa shape index (κ3) is 1.98. The van der Waals surface area contributed by atoms with Gasteiger partial charge in [-0.15, -0.1) is 0 Å². The van der Waals surface area contributed by atoms with Crippen LogP contribution < -0.4 is 10.1 Å². The first-order valence-electron chi connectivity index (χ1n) is 6.62. The van der Waals surface area contributed by atoms with Crippen LogP contribution in [0.2, 0.25) is 0 Å². The highest BCUT2D eigenvalue weighted by atomic mass is 16.5. The van der Waals surface area contributed by atoms with Crippen molar-refractivity contribution < 1.29 is 9.53 Å². The van der Waals surface area contributed by atoms with E-state index in [1.54, 1.807) is 0 Å². The fraction of sp³-hybridized carbons (Fsp3) is 0.533. The van der Waals surface area contributed by atoms with Crippen molar-refractivity contribution >= 4 is 5.91 Å². The normalized spacial score (nSPS) is 29.1. The van der Waals surface area contributed by atoms with Gasteiger partial charge in [-0.2, -0.15) is 0 Å². The Morgan fingerprint density at radius 2 is 2.17 bits per heavy atom. The minimum atomic E-state index is 0.00222. The minimum Gasteiger partial charge on any atom is -0.489 e. The molecule has 96 valence electrons. The lowest BCUT2D eigenvalue weighted by atomic mass is 10.2. The number of carbonyl (C=O) groups is 1. The topological polar surface area (TPSA) is 38.3 Å². The molecule has 0 saturated heterocycles. The quantitative estimate of drug-likeness (QED) is 0.864. The molecule has 0 aliphatic heterocycles. The molecule has 2 saturated carbocycles. The number of rotatable bonds is 5. The Balaban J connectivity index is 1.48. The summed E-state index contributed by atoms with van der Waals surface area (Å²) in [4.78, 5) is 11.8. The highest BCUT2D eigenvalue weighted by Gasteiger charge is 2.74. The summed E-state index contributed by atoms with van der Waals surface area (Å²) in [6.07, 6.45) is 2.21. The zero-order valence-electron chi connectivity index (χ0n) is 10.9. The van der Waals surface area contributed by atoms with Crippen LogP contribution in [-0.2, 0) is 4.79 Å². The molecule has 3 nitrogen and oxygen atoms in total. The molecule has 0 spiro atoms. The number of para-hydroxylation sites is 1. The second-order valence-electron chi connectivity index (χ2n) is 5.67. The van der Waals surface area contributed by atoms with E-state index in [9.17, 15) is 4.79 Å². The maximum atomic E-state index is 11.8. The van der Waals surface area contributed by atoms with E-state index in [-0.39, 0.29) is 17.4 Å². The van der Waals surface area contributed by atoms with Gasteiger partial charge in [0.15, 0.2) is 0 Å². The van der Waals surface area contributed by atoms with E-state index >= 15 is 0 Å². The number of fused-ring (bicyclic) bond motifs is 1. The molecular formula is C15H19NO2. The first-order chi connectivity index (χ1) is 8.62. The first-order valence-corrected chi connectivity index (χ1v) is 6.62. The molecule has 3 heteroatoms. The van der Waals surface area contributed by atoms with Crippen LogP contribution in [0.5, 0.6) is 5.75 Å². The molecule has 1 atom stereocenters. The van der Waals surface area contributed by atoms with Crippen LogP contribution in [0.25, 0.3) is 0 Å². The number of amides is 1. The van der Waals surface area contributed by atoms with Crippen molar-refractivity contribution in [3.8, 4) is 5.75 Å². The highest BCUT2D eigenvalue weighted by molar-refractivity contribution is 5.90. The predicted octanol–water partition coefficient (Wildman–Crippen LogP) is 2.29. The van der Waals surface area contributed by atoms with Gasteiger partial charge in [-0.05, 0) is 44.2 Å². The molecule has 1 N–H and O–H groups in total. The van der Waals surface area contributed by atoms with Crippen molar-refractivity contribution in [1.82, 2.24) is 5.32 Å². The minimum absolute atomic E-state index is 0.00222. The zero-order valence-corrected chi connectivity index (χ0v) is 10.9. The number of hydrogen-bond acceptors (Lipinski definition) is 2. The summed E-state index contributed by atoms with van der Waals surface area (Å²) < 4.78 is 5.83. The summed E-state index contributed by atoms with van der Waals surface area (Å²) in [6.45, 7) is 4.60. The molecule has 3 rings (SSSR count). The Labute approximate surface area is 108 Å². The zero-order chi connectivity index (χ0) is 12.8. The standard InChI is InChI=1S/C15H19NO2/c1-10-5-3-4-6-13(10)18-11(2)9-16-14(17)15-7-12(15)8-15/h3-6,11-12H,7-9H2,1-2H3,(H,16,17). The molecule has 1 amide bonds. The van der Waals surface area contributed by atoms with Crippen molar-refractivity contribution in [3.05, 3.63) is 29.8 Å². The molecule has 0 radical (unpaired) electrons. The summed E-state index contributed by atoms with van der Waals surface area (Å²) in [7, 11) is 0. The summed E-state index contributed by atoms with van der Waals surface area (Å²) in [5.74, 6) is 1.82. The number of aryl methyl sites for hydroxylation is 1. The molecular weight excluding hydrogens is 226 g/mol. The number of carbonyl (C=O) groups excluding carboxylic acids is 1. The predicted molar refractivity (Wildman–Crippen MR) is 69.4 cm³/mol. The van der Waals surface area contributed by atoms with Gasteiger partial charge in [0.25, 0.3) is 0 Å². The third-order valence-electron chi connectivity index (χ3n) is 4.11. The molecule has 0 aromatic heterocycles. The van der Waals surface area contributed by atoms with Crippen LogP contribution >= 0.6 is 0 Å². The summed E-state index contributed by atoms with van der Waals surface area (Å²) in [5.41, 5.74) is 1.18. The van der Waals surface area contributed by atoms with Gasteiger partial charge in [0, 0.05) is 0 Å². The van der Waals surface area contributed by atoms with E-state index in [2.05, 4.69) is 5.32 Å². The molecule has 2 aliphatic rings. The van der Waals surface area contributed by atoms with E-state index < -0.39 is 0 Å². The molecule has 0 heterocycles. The molecule has 1 aromatic carbocycles. The van der Waals surface area contributed by atoms with E-state index in [0.717, 1.165) is 24.2 Å². The first kappa shape index (κ1) is 11.6. The van der Waals surface area contributed by atoms with Crippen LogP contribution in [0, 0.1) is 18.3 Å². The van der Waals surface area contributed by atoms with Crippen molar-refractivity contribution in [2.75, 3.05) is 6.54 Å². The van der Waals surface area contributed by atoms with Gasteiger partial charge in [0.05, 0.1) is 12.0 Å². The maximum absolute atomic E-state index is 11.8. The van der Waals surface area contributed by atoms with Gasteiger partial charge < -0.3 is 10.1 Å². The average Bonchev–Trinajstić information content (AvgIpc) is 3.18. The van der Waals surface area contributed by atoms with Crippen LogP contribution in [0.1, 0.15) is 25.3 Å². The molecule has 1 aromatic rings. The molecule has 2 fully saturated rings. The fourth-order valence-electron chi connectivity index (χ4n) is 2.43. The number of ether oxygens (including phenoxy) is 1. The molecule has 0 bridgehead atoms. The van der Waals surface area contributed by atoms with E-state index in [1.807, 2.05) is 38.1 Å². The second-order valence-corrected chi connectivity index (χ2v) is 5.67. The van der Waals surface area contributed by atoms with Gasteiger partial charge in [-0.3, -0.25) is 4.79 Å². The van der Waals surface area contributed by atoms with Gasteiger partial charge in [-0.25, -0.2) is 0 Å². The average molecular weight is 245 g/mol. The fourth-order valence-corrected chi connectivity index (χ4v) is 2.43. The summed E-state index contributed by atoms with van der Waals surface area (Å²) >= 11 is 0.